The fraction of sp³-hybridized carbons (Fsp3) is 0.333. The molecule has 0 bridgehead atoms. The van der Waals surface area contributed by atoms with E-state index in [9.17, 15) is 4.79 Å². The maximum Gasteiger partial charge on any atom is 0.128 e. The molecule has 0 saturated carbocycles. The molecule has 0 unspecified atom stereocenters. The van der Waals surface area contributed by atoms with Crippen molar-refractivity contribution in [2.24, 2.45) is 5.92 Å². The normalized spacial score (nSPS) is 9.71. The standard InChI is InChI=1S/C12H14O2/c1-9(2)12(8-13)10-4-6-11(14-3)7-5-10/h4-7,9H,1-3H3. The molecule has 14 heavy (non-hydrogen) atoms. The highest BCUT2D eigenvalue weighted by atomic mass is 16.5. The van der Waals surface area contributed by atoms with Gasteiger partial charge >= 0.3 is 0 Å². The molecule has 1 aromatic rings. The Hall–Kier alpha value is -1.53. The molecule has 1 aromatic carbocycles. The summed E-state index contributed by atoms with van der Waals surface area (Å²) in [7, 11) is 1.62. The van der Waals surface area contributed by atoms with Crippen LogP contribution in [0.15, 0.2) is 24.3 Å². The highest BCUT2D eigenvalue weighted by Crippen LogP contribution is 2.22. The minimum atomic E-state index is 0.195. The molecule has 0 heterocycles. The molecule has 74 valence electrons. The van der Waals surface area contributed by atoms with E-state index in [1.165, 1.54) is 0 Å². The van der Waals surface area contributed by atoms with Crippen molar-refractivity contribution in [1.29, 1.82) is 0 Å². The molecule has 0 aliphatic carbocycles. The van der Waals surface area contributed by atoms with E-state index in [0.717, 1.165) is 11.3 Å². The lowest BCUT2D eigenvalue weighted by molar-refractivity contribution is 0.415. The van der Waals surface area contributed by atoms with Gasteiger partial charge in [0.2, 0.25) is 0 Å². The summed E-state index contributed by atoms with van der Waals surface area (Å²) in [5.41, 5.74) is 1.61. The van der Waals surface area contributed by atoms with Gasteiger partial charge in [0.1, 0.15) is 11.7 Å². The zero-order valence-corrected chi connectivity index (χ0v) is 8.70. The van der Waals surface area contributed by atoms with Gasteiger partial charge in [-0.1, -0.05) is 26.0 Å². The molecule has 2 heteroatoms. The second kappa shape index (κ2) is 4.64. The molecule has 0 amide bonds. The highest BCUT2D eigenvalue weighted by Gasteiger charge is 2.07. The van der Waals surface area contributed by atoms with Gasteiger partial charge in [0.25, 0.3) is 0 Å². The Morgan fingerprint density at radius 1 is 1.29 bits per heavy atom. The van der Waals surface area contributed by atoms with Gasteiger partial charge < -0.3 is 4.74 Å². The number of hydrogen-bond donors (Lipinski definition) is 0. The SMILES string of the molecule is COc1ccc(C(=C=O)C(C)C)cc1. The lowest BCUT2D eigenvalue weighted by Crippen LogP contribution is -1.94. The van der Waals surface area contributed by atoms with Gasteiger partial charge in [-0.25, -0.2) is 4.79 Å². The molecule has 0 spiro atoms. The van der Waals surface area contributed by atoms with Gasteiger partial charge in [0, 0.05) is 5.57 Å². The predicted octanol–water partition coefficient (Wildman–Crippen LogP) is 2.57. The third-order valence-electron chi connectivity index (χ3n) is 2.09. The van der Waals surface area contributed by atoms with Crippen molar-refractivity contribution < 1.29 is 9.53 Å². The molecule has 0 atom stereocenters. The first-order valence-corrected chi connectivity index (χ1v) is 4.58. The number of allylic oxidation sites excluding steroid dienone is 1. The summed E-state index contributed by atoms with van der Waals surface area (Å²) < 4.78 is 5.04. The number of ether oxygens (including phenoxy) is 1. The lowest BCUT2D eigenvalue weighted by atomic mass is 9.97. The number of benzene rings is 1. The topological polar surface area (TPSA) is 26.3 Å². The molecule has 0 radical (unpaired) electrons. The minimum absolute atomic E-state index is 0.195. The van der Waals surface area contributed by atoms with Gasteiger partial charge in [-0.15, -0.1) is 0 Å². The van der Waals surface area contributed by atoms with Crippen LogP contribution in [-0.2, 0) is 4.79 Å². The zero-order valence-electron chi connectivity index (χ0n) is 8.70. The third-order valence-corrected chi connectivity index (χ3v) is 2.09. The van der Waals surface area contributed by atoms with Crippen molar-refractivity contribution >= 4 is 11.5 Å². The molecule has 0 aliphatic heterocycles. The van der Waals surface area contributed by atoms with E-state index in [4.69, 9.17) is 4.74 Å². The van der Waals surface area contributed by atoms with Crippen molar-refractivity contribution in [3.63, 3.8) is 0 Å². The quantitative estimate of drug-likeness (QED) is 0.685. The fourth-order valence-electron chi connectivity index (χ4n) is 1.28. The molecular weight excluding hydrogens is 176 g/mol. The molecule has 0 N–H and O–H groups in total. The van der Waals surface area contributed by atoms with Crippen molar-refractivity contribution in [2.45, 2.75) is 13.8 Å². The molecule has 0 aliphatic rings. The predicted molar refractivity (Wildman–Crippen MR) is 56.9 cm³/mol. The Kier molecular flexibility index (Phi) is 3.49. The van der Waals surface area contributed by atoms with Gasteiger partial charge in [-0.05, 0) is 23.6 Å². The Labute approximate surface area is 84.2 Å². The Balaban J connectivity index is 3.02. The number of carbonyl (C=O) groups excluding carboxylic acids is 1. The van der Waals surface area contributed by atoms with Gasteiger partial charge in [-0.3, -0.25) is 0 Å². The van der Waals surface area contributed by atoms with Crippen molar-refractivity contribution in [2.75, 3.05) is 7.11 Å². The Bertz CT molecular complexity index is 343. The van der Waals surface area contributed by atoms with E-state index in [0.29, 0.717) is 5.57 Å². The maximum absolute atomic E-state index is 10.7. The average molecular weight is 190 g/mol. The van der Waals surface area contributed by atoms with E-state index >= 15 is 0 Å². The van der Waals surface area contributed by atoms with Crippen molar-refractivity contribution in [3.8, 4) is 5.75 Å². The van der Waals surface area contributed by atoms with Crippen LogP contribution in [0.4, 0.5) is 0 Å². The Morgan fingerprint density at radius 2 is 1.86 bits per heavy atom. The summed E-state index contributed by atoms with van der Waals surface area (Å²) in [4.78, 5) is 10.7. The largest absolute Gasteiger partial charge is 0.497 e. The van der Waals surface area contributed by atoms with Gasteiger partial charge in [0.05, 0.1) is 7.11 Å². The first-order valence-electron chi connectivity index (χ1n) is 4.58. The summed E-state index contributed by atoms with van der Waals surface area (Å²) in [6.45, 7) is 3.95. The summed E-state index contributed by atoms with van der Waals surface area (Å²) in [6.07, 6.45) is 0. The summed E-state index contributed by atoms with van der Waals surface area (Å²) in [5, 5.41) is 0. The second-order valence-electron chi connectivity index (χ2n) is 3.40. The van der Waals surface area contributed by atoms with Crippen LogP contribution in [0.2, 0.25) is 0 Å². The molecule has 1 rings (SSSR count). The first kappa shape index (κ1) is 10.6. The van der Waals surface area contributed by atoms with Crippen LogP contribution in [0.1, 0.15) is 19.4 Å². The zero-order chi connectivity index (χ0) is 10.6. The fourth-order valence-corrected chi connectivity index (χ4v) is 1.28. The van der Waals surface area contributed by atoms with Crippen LogP contribution in [0.5, 0.6) is 5.75 Å². The minimum Gasteiger partial charge on any atom is -0.497 e. The van der Waals surface area contributed by atoms with Crippen LogP contribution >= 0.6 is 0 Å². The van der Waals surface area contributed by atoms with Crippen LogP contribution in [0.25, 0.3) is 5.57 Å². The van der Waals surface area contributed by atoms with Crippen molar-refractivity contribution in [3.05, 3.63) is 29.8 Å². The molecule has 0 fully saturated rings. The van der Waals surface area contributed by atoms with E-state index < -0.39 is 0 Å². The molecule has 0 saturated heterocycles. The monoisotopic (exact) mass is 190 g/mol. The summed E-state index contributed by atoms with van der Waals surface area (Å²) in [6, 6.07) is 7.43. The van der Waals surface area contributed by atoms with Crippen molar-refractivity contribution in [1.82, 2.24) is 0 Å². The lowest BCUT2D eigenvalue weighted by Gasteiger charge is -2.07. The third kappa shape index (κ3) is 2.24. The van der Waals surface area contributed by atoms with E-state index in [1.807, 2.05) is 44.1 Å². The summed E-state index contributed by atoms with van der Waals surface area (Å²) >= 11 is 0. The highest BCUT2D eigenvalue weighted by molar-refractivity contribution is 5.88. The van der Waals surface area contributed by atoms with E-state index in [2.05, 4.69) is 0 Å². The number of methoxy groups -OCH3 is 1. The maximum atomic E-state index is 10.7. The first-order chi connectivity index (χ1) is 6.69. The van der Waals surface area contributed by atoms with Gasteiger partial charge in [0.15, 0.2) is 0 Å². The molecular formula is C12H14O2. The molecule has 2 nitrogen and oxygen atoms in total. The van der Waals surface area contributed by atoms with E-state index in [1.54, 1.807) is 7.11 Å². The number of rotatable bonds is 3. The van der Waals surface area contributed by atoms with E-state index in [-0.39, 0.29) is 5.92 Å². The average Bonchev–Trinajstić information content (AvgIpc) is 2.19. The smallest absolute Gasteiger partial charge is 0.128 e. The van der Waals surface area contributed by atoms with Crippen LogP contribution in [0.3, 0.4) is 0 Å². The number of hydrogen-bond acceptors (Lipinski definition) is 2. The molecule has 0 aromatic heterocycles. The van der Waals surface area contributed by atoms with Crippen LogP contribution in [0, 0.1) is 5.92 Å². The summed E-state index contributed by atoms with van der Waals surface area (Å²) in [5.74, 6) is 2.97. The Morgan fingerprint density at radius 3 is 2.21 bits per heavy atom. The van der Waals surface area contributed by atoms with Gasteiger partial charge in [-0.2, -0.15) is 0 Å². The van der Waals surface area contributed by atoms with Crippen LogP contribution < -0.4 is 4.74 Å². The second-order valence-corrected chi connectivity index (χ2v) is 3.40. The van der Waals surface area contributed by atoms with Crippen LogP contribution in [-0.4, -0.2) is 13.1 Å².